The molecule has 0 amide bonds. The smallest absolute Gasteiger partial charge is 0.341 e. The molecule has 4 nitrogen and oxygen atoms in total. The largest absolute Gasteiger partial charge is 0.490 e. The summed E-state index contributed by atoms with van der Waals surface area (Å²) in [6, 6.07) is 11.1. The third kappa shape index (κ3) is 5.38. The Kier molecular flexibility index (Phi) is 7.94. The Bertz CT molecular complexity index is 1240. The van der Waals surface area contributed by atoms with Crippen LogP contribution in [0.3, 0.4) is 0 Å². The molecule has 0 N–H and O–H groups in total. The zero-order chi connectivity index (χ0) is 25.8. The molecule has 4 rings (SSSR count). The summed E-state index contributed by atoms with van der Waals surface area (Å²) in [5, 5.41) is 0. The minimum Gasteiger partial charge on any atom is -0.490 e. The van der Waals surface area contributed by atoms with Gasteiger partial charge in [-0.2, -0.15) is 4.39 Å². The SMILES string of the molecule is CCCOc1ccc(-c2ccc(-c3ccc(C(=O)OC4CCC(C)OC4)c(F)c3F)cc2)c(F)c1F. The van der Waals surface area contributed by atoms with Gasteiger partial charge in [0.05, 0.1) is 24.9 Å². The highest BCUT2D eigenvalue weighted by Gasteiger charge is 2.26. The van der Waals surface area contributed by atoms with Gasteiger partial charge < -0.3 is 14.2 Å². The fourth-order valence-corrected chi connectivity index (χ4v) is 4.00. The Morgan fingerprint density at radius 1 is 0.861 bits per heavy atom. The van der Waals surface area contributed by atoms with E-state index in [-0.39, 0.29) is 36.2 Å². The van der Waals surface area contributed by atoms with Crippen LogP contribution in [0, 0.1) is 23.3 Å². The van der Waals surface area contributed by atoms with Crippen molar-refractivity contribution in [3.63, 3.8) is 0 Å². The average molecular weight is 503 g/mol. The van der Waals surface area contributed by atoms with Gasteiger partial charge in [-0.15, -0.1) is 0 Å². The molecule has 1 aliphatic rings. The van der Waals surface area contributed by atoms with Gasteiger partial charge in [0.2, 0.25) is 5.82 Å². The first-order chi connectivity index (χ1) is 17.3. The van der Waals surface area contributed by atoms with Crippen LogP contribution in [0.15, 0.2) is 48.5 Å². The van der Waals surface area contributed by atoms with Gasteiger partial charge in [-0.05, 0) is 55.5 Å². The van der Waals surface area contributed by atoms with Crippen molar-refractivity contribution in [1.29, 1.82) is 0 Å². The lowest BCUT2D eigenvalue weighted by atomic mass is 9.98. The lowest BCUT2D eigenvalue weighted by Gasteiger charge is -2.26. The standard InChI is InChI=1S/C28H26F4O4/c1-3-14-34-23-13-12-21(25(30)27(23)32)18-7-5-17(6-8-18)20-10-11-22(26(31)24(20)29)28(33)36-19-9-4-16(2)35-15-19/h5-8,10-13,16,19H,3-4,9,14-15H2,1-2H3. The third-order valence-corrected chi connectivity index (χ3v) is 6.05. The van der Waals surface area contributed by atoms with Crippen molar-refractivity contribution in [2.75, 3.05) is 13.2 Å². The van der Waals surface area contributed by atoms with Crippen LogP contribution >= 0.6 is 0 Å². The zero-order valence-corrected chi connectivity index (χ0v) is 20.0. The molecule has 0 radical (unpaired) electrons. The number of ether oxygens (including phenoxy) is 3. The van der Waals surface area contributed by atoms with E-state index in [4.69, 9.17) is 14.2 Å². The maximum absolute atomic E-state index is 14.9. The van der Waals surface area contributed by atoms with E-state index in [0.717, 1.165) is 0 Å². The number of hydrogen-bond donors (Lipinski definition) is 0. The number of carbonyl (C=O) groups is 1. The second kappa shape index (κ2) is 11.1. The van der Waals surface area contributed by atoms with E-state index in [1.807, 2.05) is 13.8 Å². The molecular weight excluding hydrogens is 476 g/mol. The Labute approximate surface area is 206 Å². The van der Waals surface area contributed by atoms with Gasteiger partial charge in [-0.25, -0.2) is 18.0 Å². The summed E-state index contributed by atoms with van der Waals surface area (Å²) in [7, 11) is 0. The second-order valence-electron chi connectivity index (χ2n) is 8.70. The molecule has 0 aliphatic carbocycles. The molecule has 1 fully saturated rings. The van der Waals surface area contributed by atoms with Crippen LogP contribution in [0.1, 0.15) is 43.5 Å². The van der Waals surface area contributed by atoms with Gasteiger partial charge in [-0.1, -0.05) is 37.3 Å². The van der Waals surface area contributed by atoms with E-state index in [1.54, 1.807) is 0 Å². The summed E-state index contributed by atoms with van der Waals surface area (Å²) in [4.78, 5) is 12.4. The van der Waals surface area contributed by atoms with Crippen molar-refractivity contribution in [1.82, 2.24) is 0 Å². The molecule has 0 bridgehead atoms. The van der Waals surface area contributed by atoms with Crippen LogP contribution in [0.2, 0.25) is 0 Å². The van der Waals surface area contributed by atoms with Crippen molar-refractivity contribution in [3.05, 3.63) is 77.4 Å². The maximum Gasteiger partial charge on any atom is 0.341 e. The lowest BCUT2D eigenvalue weighted by Crippen LogP contribution is -2.31. The molecular formula is C28H26F4O4. The van der Waals surface area contributed by atoms with Gasteiger partial charge in [0, 0.05) is 11.1 Å². The first-order valence-electron chi connectivity index (χ1n) is 11.8. The Hall–Kier alpha value is -3.39. The maximum atomic E-state index is 14.9. The number of benzene rings is 3. The van der Waals surface area contributed by atoms with Crippen LogP contribution < -0.4 is 4.74 Å². The second-order valence-corrected chi connectivity index (χ2v) is 8.70. The molecule has 0 spiro atoms. The lowest BCUT2D eigenvalue weighted by molar-refractivity contribution is -0.0604. The van der Waals surface area contributed by atoms with E-state index < -0.39 is 40.9 Å². The highest BCUT2D eigenvalue weighted by Crippen LogP contribution is 2.33. The minimum atomic E-state index is -1.32. The van der Waals surface area contributed by atoms with E-state index in [9.17, 15) is 22.4 Å². The summed E-state index contributed by atoms with van der Waals surface area (Å²) in [5.41, 5.74) is 0.0688. The van der Waals surface area contributed by atoms with E-state index in [1.165, 1.54) is 48.5 Å². The Balaban J connectivity index is 1.53. The van der Waals surface area contributed by atoms with Crippen LogP contribution in [-0.4, -0.2) is 31.4 Å². The molecule has 3 aromatic rings. The van der Waals surface area contributed by atoms with Gasteiger partial charge in [-0.3, -0.25) is 0 Å². The normalized spacial score (nSPS) is 17.6. The number of halogens is 4. The van der Waals surface area contributed by atoms with Gasteiger partial charge >= 0.3 is 5.97 Å². The molecule has 2 unspecified atom stereocenters. The Morgan fingerprint density at radius 3 is 2.06 bits per heavy atom. The Morgan fingerprint density at radius 2 is 1.47 bits per heavy atom. The molecule has 2 atom stereocenters. The number of hydrogen-bond acceptors (Lipinski definition) is 4. The predicted molar refractivity (Wildman–Crippen MR) is 127 cm³/mol. The molecule has 8 heteroatoms. The first-order valence-corrected chi connectivity index (χ1v) is 11.8. The summed E-state index contributed by atoms with van der Waals surface area (Å²) in [6.45, 7) is 4.23. The summed E-state index contributed by atoms with van der Waals surface area (Å²) < 4.78 is 74.5. The molecule has 3 aromatic carbocycles. The van der Waals surface area contributed by atoms with Crippen LogP contribution in [-0.2, 0) is 9.47 Å². The zero-order valence-electron chi connectivity index (χ0n) is 20.0. The van der Waals surface area contributed by atoms with Gasteiger partial charge in [0.1, 0.15) is 6.10 Å². The van der Waals surface area contributed by atoms with E-state index in [0.29, 0.717) is 30.4 Å². The molecule has 190 valence electrons. The number of carbonyl (C=O) groups excluding carboxylic acids is 1. The van der Waals surface area contributed by atoms with Crippen molar-refractivity contribution in [2.24, 2.45) is 0 Å². The fourth-order valence-electron chi connectivity index (χ4n) is 4.00. The fraction of sp³-hybridized carbons (Fsp3) is 0.321. The summed E-state index contributed by atoms with van der Waals surface area (Å²) >= 11 is 0. The van der Waals surface area contributed by atoms with Crippen molar-refractivity contribution in [2.45, 2.75) is 45.3 Å². The van der Waals surface area contributed by atoms with E-state index in [2.05, 4.69) is 0 Å². The molecule has 1 aliphatic heterocycles. The molecule has 36 heavy (non-hydrogen) atoms. The van der Waals surface area contributed by atoms with Crippen molar-refractivity contribution < 1.29 is 36.6 Å². The average Bonchev–Trinajstić information content (AvgIpc) is 2.88. The monoisotopic (exact) mass is 502 g/mol. The summed E-state index contributed by atoms with van der Waals surface area (Å²) in [6.07, 6.45) is 1.49. The third-order valence-electron chi connectivity index (χ3n) is 6.05. The highest BCUT2D eigenvalue weighted by atomic mass is 19.2. The van der Waals surface area contributed by atoms with Crippen molar-refractivity contribution in [3.8, 4) is 28.0 Å². The number of rotatable bonds is 7. The molecule has 0 saturated carbocycles. The minimum absolute atomic E-state index is 0.00808. The van der Waals surface area contributed by atoms with Gasteiger partial charge in [0.25, 0.3) is 0 Å². The summed E-state index contributed by atoms with van der Waals surface area (Å²) in [5.74, 6) is -5.80. The molecule has 1 heterocycles. The van der Waals surface area contributed by atoms with Crippen LogP contribution in [0.5, 0.6) is 5.75 Å². The predicted octanol–water partition coefficient (Wildman–Crippen LogP) is 7.09. The number of esters is 1. The van der Waals surface area contributed by atoms with Crippen LogP contribution in [0.4, 0.5) is 17.6 Å². The van der Waals surface area contributed by atoms with Gasteiger partial charge in [0.15, 0.2) is 23.2 Å². The quantitative estimate of drug-likeness (QED) is 0.256. The first kappa shape index (κ1) is 25.7. The van der Waals surface area contributed by atoms with Crippen LogP contribution in [0.25, 0.3) is 22.3 Å². The molecule has 0 aromatic heterocycles. The topological polar surface area (TPSA) is 44.8 Å². The van der Waals surface area contributed by atoms with Crippen molar-refractivity contribution >= 4 is 5.97 Å². The van der Waals surface area contributed by atoms with E-state index >= 15 is 0 Å². The molecule has 1 saturated heterocycles. The highest BCUT2D eigenvalue weighted by molar-refractivity contribution is 5.90.